The molecule has 154 valence electrons. The maximum absolute atomic E-state index is 11.8. The van der Waals surface area contributed by atoms with Crippen LogP contribution >= 0.6 is 0 Å². The number of rotatable bonds is 8. The molecule has 3 rings (SSSR count). The summed E-state index contributed by atoms with van der Waals surface area (Å²) in [5.74, 6) is 0.937. The highest BCUT2D eigenvalue weighted by Crippen LogP contribution is 2.44. The Balaban J connectivity index is 1.90. The Kier molecular flexibility index (Phi) is 6.26. The van der Waals surface area contributed by atoms with Crippen molar-refractivity contribution >= 4 is 11.9 Å². The van der Waals surface area contributed by atoms with E-state index in [1.54, 1.807) is 40.2 Å². The van der Waals surface area contributed by atoms with Gasteiger partial charge in [-0.2, -0.15) is 0 Å². The van der Waals surface area contributed by atoms with E-state index < -0.39 is 0 Å². The second-order valence-electron chi connectivity index (χ2n) is 6.90. The van der Waals surface area contributed by atoms with Crippen LogP contribution < -0.4 is 19.5 Å². The van der Waals surface area contributed by atoms with E-state index in [2.05, 4.69) is 5.32 Å². The highest BCUT2D eigenvalue weighted by molar-refractivity contribution is 5.99. The van der Waals surface area contributed by atoms with Crippen LogP contribution in [-0.2, 0) is 16.1 Å². The standard InChI is InChI=1S/C22H25NO6/c1-13(2)22(25)29-10-9-28-19-16(7-8-18(26-3)20(19)27-4)14-5-6-17-15(11-14)12-23-21(17)24/h5-8,11,13H,9-10,12H2,1-4H3,(H,23,24). The minimum atomic E-state index is -0.276. The number of fused-ring (bicyclic) bond motifs is 1. The lowest BCUT2D eigenvalue weighted by Gasteiger charge is -2.18. The molecule has 2 aromatic carbocycles. The lowest BCUT2D eigenvalue weighted by atomic mass is 9.99. The summed E-state index contributed by atoms with van der Waals surface area (Å²) >= 11 is 0. The van der Waals surface area contributed by atoms with Gasteiger partial charge in [-0.15, -0.1) is 0 Å². The topological polar surface area (TPSA) is 83.1 Å². The first-order valence-electron chi connectivity index (χ1n) is 9.42. The van der Waals surface area contributed by atoms with Crippen molar-refractivity contribution < 1.29 is 28.5 Å². The molecule has 7 nitrogen and oxygen atoms in total. The molecule has 0 bridgehead atoms. The van der Waals surface area contributed by atoms with E-state index in [0.717, 1.165) is 16.7 Å². The van der Waals surface area contributed by atoms with Gasteiger partial charge in [0.1, 0.15) is 13.2 Å². The molecule has 7 heteroatoms. The molecule has 1 heterocycles. The molecule has 0 saturated heterocycles. The predicted molar refractivity (Wildman–Crippen MR) is 107 cm³/mol. The maximum atomic E-state index is 11.8. The number of nitrogens with one attached hydrogen (secondary N) is 1. The van der Waals surface area contributed by atoms with E-state index in [1.807, 2.05) is 18.2 Å². The van der Waals surface area contributed by atoms with E-state index in [4.69, 9.17) is 18.9 Å². The molecule has 0 radical (unpaired) electrons. The fourth-order valence-electron chi connectivity index (χ4n) is 3.12. The first-order chi connectivity index (χ1) is 14.0. The van der Waals surface area contributed by atoms with Gasteiger partial charge in [0.05, 0.1) is 20.1 Å². The van der Waals surface area contributed by atoms with Crippen LogP contribution in [0.5, 0.6) is 17.2 Å². The number of esters is 1. The van der Waals surface area contributed by atoms with Crippen molar-refractivity contribution in [3.63, 3.8) is 0 Å². The van der Waals surface area contributed by atoms with Crippen molar-refractivity contribution in [1.29, 1.82) is 0 Å². The van der Waals surface area contributed by atoms with Crippen molar-refractivity contribution in [2.24, 2.45) is 5.92 Å². The maximum Gasteiger partial charge on any atom is 0.308 e. The zero-order valence-corrected chi connectivity index (χ0v) is 17.0. The van der Waals surface area contributed by atoms with Gasteiger partial charge >= 0.3 is 5.97 Å². The zero-order valence-electron chi connectivity index (χ0n) is 17.0. The third-order valence-corrected chi connectivity index (χ3v) is 4.65. The van der Waals surface area contributed by atoms with Crippen molar-refractivity contribution in [3.05, 3.63) is 41.5 Å². The first-order valence-corrected chi connectivity index (χ1v) is 9.42. The van der Waals surface area contributed by atoms with Gasteiger partial charge in [-0.3, -0.25) is 9.59 Å². The van der Waals surface area contributed by atoms with Gasteiger partial charge in [0.25, 0.3) is 5.91 Å². The molecule has 1 N–H and O–H groups in total. The Morgan fingerprint density at radius 1 is 1.03 bits per heavy atom. The van der Waals surface area contributed by atoms with Crippen LogP contribution in [0, 0.1) is 5.92 Å². The number of methoxy groups -OCH3 is 2. The highest BCUT2D eigenvalue weighted by atomic mass is 16.6. The van der Waals surface area contributed by atoms with E-state index in [-0.39, 0.29) is 31.0 Å². The molecule has 2 aromatic rings. The molecule has 1 amide bonds. The van der Waals surface area contributed by atoms with Gasteiger partial charge in [-0.1, -0.05) is 19.9 Å². The molecular weight excluding hydrogens is 374 g/mol. The summed E-state index contributed by atoms with van der Waals surface area (Å²) in [6.45, 7) is 4.34. The number of hydrogen-bond acceptors (Lipinski definition) is 6. The molecule has 0 aromatic heterocycles. The molecule has 0 unspecified atom stereocenters. The first kappa shape index (κ1) is 20.5. The number of carbonyl (C=O) groups is 2. The molecule has 0 saturated carbocycles. The van der Waals surface area contributed by atoms with E-state index in [1.165, 1.54) is 0 Å². The largest absolute Gasteiger partial charge is 0.493 e. The minimum absolute atomic E-state index is 0.0673. The Morgan fingerprint density at radius 2 is 1.79 bits per heavy atom. The lowest BCUT2D eigenvalue weighted by Crippen LogP contribution is -2.16. The predicted octanol–water partition coefficient (Wildman–Crippen LogP) is 3.19. The third-order valence-electron chi connectivity index (χ3n) is 4.65. The molecule has 0 aliphatic carbocycles. The van der Waals surface area contributed by atoms with Gasteiger partial charge < -0.3 is 24.3 Å². The highest BCUT2D eigenvalue weighted by Gasteiger charge is 2.22. The van der Waals surface area contributed by atoms with Crippen molar-refractivity contribution in [3.8, 4) is 28.4 Å². The second kappa shape index (κ2) is 8.86. The van der Waals surface area contributed by atoms with Crippen LogP contribution in [0.25, 0.3) is 11.1 Å². The fraction of sp³-hybridized carbons (Fsp3) is 0.364. The van der Waals surface area contributed by atoms with E-state index in [9.17, 15) is 9.59 Å². The van der Waals surface area contributed by atoms with Crippen molar-refractivity contribution in [2.45, 2.75) is 20.4 Å². The summed E-state index contributed by atoms with van der Waals surface area (Å²) in [5, 5.41) is 2.82. The smallest absolute Gasteiger partial charge is 0.308 e. The Morgan fingerprint density at radius 3 is 2.48 bits per heavy atom. The summed E-state index contributed by atoms with van der Waals surface area (Å²) in [5.41, 5.74) is 3.28. The van der Waals surface area contributed by atoms with Crippen LogP contribution in [0.2, 0.25) is 0 Å². The molecular formula is C22H25NO6. The lowest BCUT2D eigenvalue weighted by molar-refractivity contribution is -0.148. The molecule has 1 aliphatic rings. The monoisotopic (exact) mass is 399 g/mol. The molecule has 1 aliphatic heterocycles. The van der Waals surface area contributed by atoms with Gasteiger partial charge in [-0.25, -0.2) is 0 Å². The Hall–Kier alpha value is -3.22. The summed E-state index contributed by atoms with van der Waals surface area (Å²) in [7, 11) is 3.09. The van der Waals surface area contributed by atoms with Gasteiger partial charge in [0, 0.05) is 17.7 Å². The molecule has 0 fully saturated rings. The fourth-order valence-corrected chi connectivity index (χ4v) is 3.12. The Bertz CT molecular complexity index is 922. The summed E-state index contributed by atoms with van der Waals surface area (Å²) in [4.78, 5) is 23.5. The summed E-state index contributed by atoms with van der Waals surface area (Å²) in [6.07, 6.45) is 0. The van der Waals surface area contributed by atoms with Crippen LogP contribution in [-0.4, -0.2) is 39.3 Å². The number of carbonyl (C=O) groups excluding carboxylic acids is 2. The number of amides is 1. The van der Waals surface area contributed by atoms with Crippen LogP contribution in [0.15, 0.2) is 30.3 Å². The van der Waals surface area contributed by atoms with Crippen LogP contribution in [0.3, 0.4) is 0 Å². The van der Waals surface area contributed by atoms with E-state index in [0.29, 0.717) is 29.4 Å². The van der Waals surface area contributed by atoms with Crippen LogP contribution in [0.4, 0.5) is 0 Å². The summed E-state index contributed by atoms with van der Waals surface area (Å²) in [6, 6.07) is 9.31. The van der Waals surface area contributed by atoms with E-state index >= 15 is 0 Å². The van der Waals surface area contributed by atoms with Crippen LogP contribution in [0.1, 0.15) is 29.8 Å². The minimum Gasteiger partial charge on any atom is -0.493 e. The number of ether oxygens (including phenoxy) is 4. The van der Waals surface area contributed by atoms with Crippen molar-refractivity contribution in [2.75, 3.05) is 27.4 Å². The second-order valence-corrected chi connectivity index (χ2v) is 6.90. The average Bonchev–Trinajstić information content (AvgIpc) is 3.10. The summed E-state index contributed by atoms with van der Waals surface area (Å²) < 4.78 is 22.1. The van der Waals surface area contributed by atoms with Gasteiger partial charge in [0.2, 0.25) is 5.75 Å². The number of hydrogen-bond donors (Lipinski definition) is 1. The van der Waals surface area contributed by atoms with Gasteiger partial charge in [0.15, 0.2) is 11.5 Å². The number of benzene rings is 2. The third kappa shape index (κ3) is 4.29. The SMILES string of the molecule is COc1ccc(-c2ccc3c(c2)CNC3=O)c(OCCOC(=O)C(C)C)c1OC. The quantitative estimate of drug-likeness (QED) is 0.542. The molecule has 29 heavy (non-hydrogen) atoms. The molecule has 0 spiro atoms. The normalized spacial score (nSPS) is 12.4. The zero-order chi connectivity index (χ0) is 21.0. The average molecular weight is 399 g/mol. The molecule has 0 atom stereocenters. The van der Waals surface area contributed by atoms with Crippen molar-refractivity contribution in [1.82, 2.24) is 5.32 Å². The Labute approximate surface area is 169 Å². The van der Waals surface area contributed by atoms with Gasteiger partial charge in [-0.05, 0) is 35.4 Å².